The normalized spacial score (nSPS) is 15.2. The van der Waals surface area contributed by atoms with Gasteiger partial charge >= 0.3 is 0 Å². The molecule has 2 aromatic carbocycles. The molecule has 0 unspecified atom stereocenters. The van der Waals surface area contributed by atoms with Crippen molar-refractivity contribution >= 4 is 49.3 Å². The van der Waals surface area contributed by atoms with Gasteiger partial charge in [0.15, 0.2) is 22.1 Å². The van der Waals surface area contributed by atoms with Gasteiger partial charge in [-0.3, -0.25) is 14.5 Å². The van der Waals surface area contributed by atoms with Crippen LogP contribution in [0.15, 0.2) is 50.1 Å². The average Bonchev–Trinajstić information content (AvgIpc) is 3.29. The minimum absolute atomic E-state index is 0.0279. The van der Waals surface area contributed by atoms with Crippen LogP contribution >= 0.6 is 27.3 Å². The zero-order valence-corrected chi connectivity index (χ0v) is 20.7. The standard InChI is InChI=1S/C24H19BrN2O5S/c1-11-12(2)33-24(26-11)27-20(13-5-7-17(30-3)18(9-13)31-4)19-21(28)15-10-14(25)6-8-16(15)32-22(19)23(27)29/h5-10,20H,1-4H3/t20-/m1/s1. The number of aryl methyl sites for hydroxylation is 2. The number of rotatable bonds is 4. The predicted molar refractivity (Wildman–Crippen MR) is 130 cm³/mol. The molecule has 5 rings (SSSR count). The molecule has 7 nitrogen and oxygen atoms in total. The molecule has 0 saturated carbocycles. The third-order valence-electron chi connectivity index (χ3n) is 5.78. The zero-order valence-electron chi connectivity index (χ0n) is 18.3. The Labute approximate surface area is 201 Å². The SMILES string of the molecule is COc1ccc([C@@H]2c3c(oc4ccc(Br)cc4c3=O)C(=O)N2c2nc(C)c(C)s2)cc1OC. The Morgan fingerprint density at radius 1 is 1.06 bits per heavy atom. The molecule has 1 atom stereocenters. The third-order valence-corrected chi connectivity index (χ3v) is 7.34. The number of anilines is 1. The van der Waals surface area contributed by atoms with Crippen molar-refractivity contribution < 1.29 is 18.7 Å². The highest BCUT2D eigenvalue weighted by Crippen LogP contribution is 2.44. The van der Waals surface area contributed by atoms with Gasteiger partial charge in [-0.05, 0) is 49.7 Å². The van der Waals surface area contributed by atoms with Crippen LogP contribution in [0, 0.1) is 13.8 Å². The van der Waals surface area contributed by atoms with Crippen molar-refractivity contribution in [1.29, 1.82) is 0 Å². The van der Waals surface area contributed by atoms with Gasteiger partial charge in [-0.2, -0.15) is 0 Å². The van der Waals surface area contributed by atoms with Crippen LogP contribution in [0.2, 0.25) is 0 Å². The van der Waals surface area contributed by atoms with E-state index in [0.717, 1.165) is 15.0 Å². The number of carbonyl (C=O) groups is 1. The Balaban J connectivity index is 1.82. The number of hydrogen-bond donors (Lipinski definition) is 0. The molecule has 0 fully saturated rings. The Hall–Kier alpha value is -3.17. The zero-order chi connectivity index (χ0) is 23.4. The average molecular weight is 527 g/mol. The largest absolute Gasteiger partial charge is 0.493 e. The maximum atomic E-state index is 13.7. The quantitative estimate of drug-likeness (QED) is 0.354. The van der Waals surface area contributed by atoms with Crippen LogP contribution in [0.4, 0.5) is 5.13 Å². The monoisotopic (exact) mass is 526 g/mol. The van der Waals surface area contributed by atoms with Gasteiger partial charge in [0.1, 0.15) is 5.58 Å². The molecule has 33 heavy (non-hydrogen) atoms. The number of amides is 1. The van der Waals surface area contributed by atoms with Crippen LogP contribution in [0.3, 0.4) is 0 Å². The molecule has 2 aromatic heterocycles. The van der Waals surface area contributed by atoms with E-state index in [1.807, 2.05) is 19.9 Å². The first kappa shape index (κ1) is 21.7. The van der Waals surface area contributed by atoms with Crippen LogP contribution in [-0.2, 0) is 0 Å². The summed E-state index contributed by atoms with van der Waals surface area (Å²) >= 11 is 4.82. The lowest BCUT2D eigenvalue weighted by molar-refractivity contribution is 0.0971. The summed E-state index contributed by atoms with van der Waals surface area (Å²) in [7, 11) is 3.10. The molecule has 9 heteroatoms. The van der Waals surface area contributed by atoms with E-state index in [2.05, 4.69) is 20.9 Å². The molecule has 1 amide bonds. The number of thiazole rings is 1. The van der Waals surface area contributed by atoms with E-state index in [0.29, 0.717) is 33.2 Å². The Bertz CT molecular complexity index is 1470. The molecule has 3 heterocycles. The third kappa shape index (κ3) is 3.34. The summed E-state index contributed by atoms with van der Waals surface area (Å²) in [5.74, 6) is 0.670. The second-order valence-corrected chi connectivity index (χ2v) is 9.74. The number of nitrogens with zero attached hydrogens (tertiary/aromatic N) is 2. The van der Waals surface area contributed by atoms with E-state index in [9.17, 15) is 9.59 Å². The molecule has 0 spiro atoms. The van der Waals surface area contributed by atoms with Crippen molar-refractivity contribution in [2.75, 3.05) is 19.1 Å². The second-order valence-electron chi connectivity index (χ2n) is 7.64. The minimum Gasteiger partial charge on any atom is -0.493 e. The summed E-state index contributed by atoms with van der Waals surface area (Å²) in [5, 5.41) is 0.903. The summed E-state index contributed by atoms with van der Waals surface area (Å²) < 4.78 is 17.6. The first-order chi connectivity index (χ1) is 15.8. The van der Waals surface area contributed by atoms with Crippen molar-refractivity contribution in [3.63, 3.8) is 0 Å². The molecule has 1 aliphatic rings. The Morgan fingerprint density at radius 2 is 1.82 bits per heavy atom. The predicted octanol–water partition coefficient (Wildman–Crippen LogP) is 5.40. The summed E-state index contributed by atoms with van der Waals surface area (Å²) in [6, 6.07) is 9.78. The first-order valence-corrected chi connectivity index (χ1v) is 11.7. The molecule has 0 N–H and O–H groups in total. The summed E-state index contributed by atoms with van der Waals surface area (Å²) in [6.07, 6.45) is 0. The van der Waals surface area contributed by atoms with Crippen molar-refractivity contribution in [3.05, 3.63) is 78.6 Å². The Morgan fingerprint density at radius 3 is 2.48 bits per heavy atom. The van der Waals surface area contributed by atoms with Crippen LogP contribution in [0.5, 0.6) is 11.5 Å². The van der Waals surface area contributed by atoms with E-state index in [1.165, 1.54) is 16.2 Å². The highest BCUT2D eigenvalue weighted by atomic mass is 79.9. The maximum absolute atomic E-state index is 13.7. The number of aromatic nitrogens is 1. The van der Waals surface area contributed by atoms with Gasteiger partial charge in [0, 0.05) is 9.35 Å². The molecule has 0 bridgehead atoms. The van der Waals surface area contributed by atoms with E-state index in [1.54, 1.807) is 44.6 Å². The molecule has 4 aromatic rings. The number of hydrogen-bond acceptors (Lipinski definition) is 7. The van der Waals surface area contributed by atoms with E-state index in [-0.39, 0.29) is 16.8 Å². The molecule has 0 aliphatic carbocycles. The van der Waals surface area contributed by atoms with Gasteiger partial charge < -0.3 is 13.9 Å². The molecule has 0 radical (unpaired) electrons. The smallest absolute Gasteiger partial charge is 0.297 e. The summed E-state index contributed by atoms with van der Waals surface area (Å²) in [6.45, 7) is 3.84. The molecule has 1 aliphatic heterocycles. The van der Waals surface area contributed by atoms with Gasteiger partial charge in [-0.25, -0.2) is 4.98 Å². The second kappa shape index (κ2) is 8.00. The van der Waals surface area contributed by atoms with E-state index in [4.69, 9.17) is 13.9 Å². The fourth-order valence-electron chi connectivity index (χ4n) is 4.04. The van der Waals surface area contributed by atoms with Crippen molar-refractivity contribution in [2.24, 2.45) is 0 Å². The maximum Gasteiger partial charge on any atom is 0.297 e. The fraction of sp³-hybridized carbons (Fsp3) is 0.208. The highest BCUT2D eigenvalue weighted by Gasteiger charge is 2.45. The number of halogens is 1. The number of fused-ring (bicyclic) bond motifs is 2. The molecular weight excluding hydrogens is 508 g/mol. The molecule has 168 valence electrons. The van der Waals surface area contributed by atoms with E-state index < -0.39 is 11.9 Å². The van der Waals surface area contributed by atoms with Crippen LogP contribution in [-0.4, -0.2) is 25.1 Å². The number of ether oxygens (including phenoxy) is 2. The lowest BCUT2D eigenvalue weighted by Gasteiger charge is -2.23. The summed E-state index contributed by atoms with van der Waals surface area (Å²) in [4.78, 5) is 34.5. The van der Waals surface area contributed by atoms with Crippen molar-refractivity contribution in [2.45, 2.75) is 19.9 Å². The lowest BCUT2D eigenvalue weighted by atomic mass is 9.98. The minimum atomic E-state index is -0.725. The molecular formula is C24H19BrN2O5S. The van der Waals surface area contributed by atoms with Crippen molar-refractivity contribution in [3.8, 4) is 11.5 Å². The molecule has 0 saturated heterocycles. The summed E-state index contributed by atoms with van der Waals surface area (Å²) in [5.41, 5.74) is 1.90. The Kier molecular flexibility index (Phi) is 5.25. The van der Waals surface area contributed by atoms with Crippen LogP contribution < -0.4 is 19.8 Å². The van der Waals surface area contributed by atoms with Gasteiger partial charge in [-0.15, -0.1) is 11.3 Å². The number of methoxy groups -OCH3 is 2. The van der Waals surface area contributed by atoms with Gasteiger partial charge in [-0.1, -0.05) is 22.0 Å². The lowest BCUT2D eigenvalue weighted by Crippen LogP contribution is -2.29. The number of benzene rings is 2. The fourth-order valence-corrected chi connectivity index (χ4v) is 5.34. The first-order valence-electron chi connectivity index (χ1n) is 10.1. The van der Waals surface area contributed by atoms with Crippen LogP contribution in [0.1, 0.15) is 38.3 Å². The topological polar surface area (TPSA) is 81.9 Å². The highest BCUT2D eigenvalue weighted by molar-refractivity contribution is 9.10. The van der Waals surface area contributed by atoms with Gasteiger partial charge in [0.05, 0.1) is 36.9 Å². The van der Waals surface area contributed by atoms with Gasteiger partial charge in [0.25, 0.3) is 5.91 Å². The number of carbonyl (C=O) groups excluding carboxylic acids is 1. The van der Waals surface area contributed by atoms with Crippen molar-refractivity contribution in [1.82, 2.24) is 4.98 Å². The van der Waals surface area contributed by atoms with Crippen LogP contribution in [0.25, 0.3) is 11.0 Å². The van der Waals surface area contributed by atoms with Gasteiger partial charge in [0.2, 0.25) is 5.76 Å². The van der Waals surface area contributed by atoms with E-state index >= 15 is 0 Å².